The molecule has 0 aliphatic rings. The van der Waals surface area contributed by atoms with E-state index in [1.165, 1.54) is 0 Å². The highest BCUT2D eigenvalue weighted by molar-refractivity contribution is 6.70. The Kier molecular flexibility index (Phi) is 17.4. The molecule has 0 aromatic rings. The van der Waals surface area contributed by atoms with Crippen LogP contribution in [0.4, 0.5) is 0 Å². The van der Waals surface area contributed by atoms with Gasteiger partial charge >= 0.3 is 17.1 Å². The molecule has 0 spiro atoms. The minimum atomic E-state index is -2.00. The van der Waals surface area contributed by atoms with Gasteiger partial charge in [-0.2, -0.15) is 0 Å². The SMILES string of the molecule is CCC(C)[Si](OC)(OC)C(C)CC.CCO[Si](OCC)(C(C)CC)C(C)CC. The molecule has 0 aliphatic heterocycles. The van der Waals surface area contributed by atoms with Crippen molar-refractivity contribution in [3.05, 3.63) is 0 Å². The van der Waals surface area contributed by atoms with Gasteiger partial charge in [0.05, 0.1) is 0 Å². The molecule has 0 aromatic carbocycles. The Balaban J connectivity index is 0. The van der Waals surface area contributed by atoms with Gasteiger partial charge in [-0.15, -0.1) is 0 Å². The molecule has 0 aliphatic carbocycles. The minimum Gasteiger partial charge on any atom is -0.397 e. The first-order valence-electron chi connectivity index (χ1n) is 11.6. The Morgan fingerprint density at radius 2 is 0.750 bits per heavy atom. The highest BCUT2D eigenvalue weighted by Crippen LogP contribution is 2.39. The van der Waals surface area contributed by atoms with Crippen LogP contribution < -0.4 is 0 Å². The van der Waals surface area contributed by atoms with Gasteiger partial charge in [-0.25, -0.2) is 0 Å². The van der Waals surface area contributed by atoms with Crippen molar-refractivity contribution < 1.29 is 17.7 Å². The summed E-state index contributed by atoms with van der Waals surface area (Å²) >= 11 is 0. The molecule has 28 heavy (non-hydrogen) atoms. The van der Waals surface area contributed by atoms with Gasteiger partial charge in [0.1, 0.15) is 0 Å². The summed E-state index contributed by atoms with van der Waals surface area (Å²) < 4.78 is 23.6. The van der Waals surface area contributed by atoms with Crippen LogP contribution in [0, 0.1) is 0 Å². The molecule has 0 saturated carbocycles. The molecule has 172 valence electrons. The van der Waals surface area contributed by atoms with Gasteiger partial charge in [0.15, 0.2) is 0 Å². The van der Waals surface area contributed by atoms with Crippen LogP contribution in [0.3, 0.4) is 0 Å². The largest absolute Gasteiger partial charge is 0.397 e. The third-order valence-corrected chi connectivity index (χ3v) is 16.5. The summed E-state index contributed by atoms with van der Waals surface area (Å²) in [6.45, 7) is 23.6. The van der Waals surface area contributed by atoms with Gasteiger partial charge in [0, 0.05) is 27.4 Å². The van der Waals surface area contributed by atoms with Crippen LogP contribution in [0.2, 0.25) is 22.2 Å². The lowest BCUT2D eigenvalue weighted by Crippen LogP contribution is -2.49. The summed E-state index contributed by atoms with van der Waals surface area (Å²) in [6, 6.07) is 0. The van der Waals surface area contributed by atoms with Gasteiger partial charge in [-0.3, -0.25) is 0 Å². The average Bonchev–Trinajstić information content (AvgIpc) is 2.73. The van der Waals surface area contributed by atoms with Crippen molar-refractivity contribution in [3.8, 4) is 0 Å². The second-order valence-electron chi connectivity index (χ2n) is 7.95. The molecule has 4 unspecified atom stereocenters. The summed E-state index contributed by atoms with van der Waals surface area (Å²) in [4.78, 5) is 0. The van der Waals surface area contributed by atoms with E-state index >= 15 is 0 Å². The highest BCUT2D eigenvalue weighted by Gasteiger charge is 2.47. The van der Waals surface area contributed by atoms with Crippen molar-refractivity contribution in [3.63, 3.8) is 0 Å². The lowest BCUT2D eigenvalue weighted by atomic mass is 10.4. The fraction of sp³-hybridized carbons (Fsp3) is 1.00. The second-order valence-corrected chi connectivity index (χ2v) is 16.2. The predicted molar refractivity (Wildman–Crippen MR) is 128 cm³/mol. The van der Waals surface area contributed by atoms with E-state index in [9.17, 15) is 0 Å². The number of hydrogen-bond donors (Lipinski definition) is 0. The van der Waals surface area contributed by atoms with Crippen molar-refractivity contribution in [2.24, 2.45) is 0 Å². The van der Waals surface area contributed by atoms with Crippen LogP contribution in [0.1, 0.15) is 94.9 Å². The van der Waals surface area contributed by atoms with E-state index in [2.05, 4.69) is 69.2 Å². The van der Waals surface area contributed by atoms with Crippen LogP contribution >= 0.6 is 0 Å². The highest BCUT2D eigenvalue weighted by atomic mass is 28.4. The molecule has 4 atom stereocenters. The maximum atomic E-state index is 6.09. The fourth-order valence-electron chi connectivity index (χ4n) is 4.06. The summed E-state index contributed by atoms with van der Waals surface area (Å²) in [5.74, 6) is 0. The Morgan fingerprint density at radius 3 is 0.929 bits per heavy atom. The van der Waals surface area contributed by atoms with Crippen molar-refractivity contribution in [2.45, 2.75) is 117 Å². The van der Waals surface area contributed by atoms with Crippen molar-refractivity contribution in [1.29, 1.82) is 0 Å². The van der Waals surface area contributed by atoms with E-state index < -0.39 is 17.1 Å². The first kappa shape index (κ1) is 30.5. The standard InChI is InChI=1S/C12H28O2Si.C10H24O2Si/c1-7-11(5)15(13-9-3,14-10-4)12(6)8-2;1-7-9(3)13(11-5,12-6)10(4)8-2/h11-12H,7-10H2,1-6H3;9-10H,7-8H2,1-6H3. The topological polar surface area (TPSA) is 36.9 Å². The van der Waals surface area contributed by atoms with E-state index in [-0.39, 0.29) is 0 Å². The summed E-state index contributed by atoms with van der Waals surface area (Å²) in [5.41, 5.74) is 2.29. The molecule has 0 heterocycles. The molecule has 0 saturated heterocycles. The molecule has 6 heteroatoms. The smallest absolute Gasteiger partial charge is 0.343 e. The Hall–Kier alpha value is 0.274. The van der Waals surface area contributed by atoms with Gasteiger partial charge in [0.2, 0.25) is 0 Å². The van der Waals surface area contributed by atoms with Gasteiger partial charge in [0.25, 0.3) is 0 Å². The molecule has 4 nitrogen and oxygen atoms in total. The zero-order valence-electron chi connectivity index (χ0n) is 21.2. The summed E-state index contributed by atoms with van der Waals surface area (Å²) in [7, 11) is -0.353. The van der Waals surface area contributed by atoms with E-state index in [4.69, 9.17) is 17.7 Å². The first-order valence-corrected chi connectivity index (χ1v) is 15.5. The average molecular weight is 437 g/mol. The summed E-state index contributed by atoms with van der Waals surface area (Å²) in [5, 5.41) is 0. The predicted octanol–water partition coefficient (Wildman–Crippen LogP) is 7.42. The molecule has 0 amide bonds. The lowest BCUT2D eigenvalue weighted by Gasteiger charge is -2.39. The van der Waals surface area contributed by atoms with Crippen LogP contribution in [0.5, 0.6) is 0 Å². The zero-order chi connectivity index (χ0) is 22.4. The quantitative estimate of drug-likeness (QED) is 0.265. The van der Waals surface area contributed by atoms with Crippen molar-refractivity contribution in [1.82, 2.24) is 0 Å². The van der Waals surface area contributed by atoms with Crippen LogP contribution in [-0.2, 0) is 17.7 Å². The Labute approximate surface area is 179 Å². The molecule has 0 fully saturated rings. The minimum absolute atomic E-state index is 0.567. The molecule has 0 radical (unpaired) electrons. The zero-order valence-corrected chi connectivity index (χ0v) is 23.2. The number of hydrogen-bond acceptors (Lipinski definition) is 4. The van der Waals surface area contributed by atoms with E-state index in [1.807, 2.05) is 0 Å². The molecule has 0 bridgehead atoms. The van der Waals surface area contributed by atoms with Crippen LogP contribution in [0.15, 0.2) is 0 Å². The third-order valence-electron chi connectivity index (χ3n) is 6.57. The fourth-order valence-corrected chi connectivity index (χ4v) is 12.2. The Bertz CT molecular complexity index is 334. The van der Waals surface area contributed by atoms with Gasteiger partial charge in [-0.05, 0) is 36.0 Å². The normalized spacial score (nSPS) is 16.7. The van der Waals surface area contributed by atoms with Crippen LogP contribution in [-0.4, -0.2) is 44.6 Å². The molecular formula is C22H52O4Si2. The van der Waals surface area contributed by atoms with Gasteiger partial charge in [-0.1, -0.05) is 81.1 Å². The van der Waals surface area contributed by atoms with E-state index in [1.54, 1.807) is 14.2 Å². The molecular weight excluding hydrogens is 384 g/mol. The molecule has 0 aromatic heterocycles. The first-order chi connectivity index (χ1) is 13.2. The third kappa shape index (κ3) is 7.84. The van der Waals surface area contributed by atoms with Crippen molar-refractivity contribution in [2.75, 3.05) is 27.4 Å². The number of rotatable bonds is 14. The Morgan fingerprint density at radius 1 is 0.500 bits per heavy atom. The van der Waals surface area contributed by atoms with E-state index in [0.717, 1.165) is 38.9 Å². The molecule has 0 N–H and O–H groups in total. The van der Waals surface area contributed by atoms with Gasteiger partial charge < -0.3 is 17.7 Å². The maximum absolute atomic E-state index is 6.09. The van der Waals surface area contributed by atoms with E-state index in [0.29, 0.717) is 22.2 Å². The lowest BCUT2D eigenvalue weighted by molar-refractivity contribution is 0.162. The monoisotopic (exact) mass is 436 g/mol. The molecule has 0 rings (SSSR count). The van der Waals surface area contributed by atoms with Crippen molar-refractivity contribution >= 4 is 17.1 Å². The second kappa shape index (κ2) is 16.0. The summed E-state index contributed by atoms with van der Waals surface area (Å²) in [6.07, 6.45) is 4.57. The van der Waals surface area contributed by atoms with Crippen LogP contribution in [0.25, 0.3) is 0 Å². The maximum Gasteiger partial charge on any atom is 0.343 e.